The molecule has 0 aliphatic heterocycles. The highest BCUT2D eigenvalue weighted by molar-refractivity contribution is 5.73. The Kier molecular flexibility index (Phi) is 10.6. The summed E-state index contributed by atoms with van der Waals surface area (Å²) in [6.45, 7) is 2.41. The van der Waals surface area contributed by atoms with E-state index in [9.17, 15) is 9.59 Å². The van der Waals surface area contributed by atoms with Gasteiger partial charge >= 0.3 is 0 Å². The van der Waals surface area contributed by atoms with Gasteiger partial charge in [-0.05, 0) is 43.7 Å². The molecule has 6 heteroatoms. The number of carbonyl (C=O) groups is 2. The number of amides is 2. The summed E-state index contributed by atoms with van der Waals surface area (Å²) in [5, 5.41) is 0. The zero-order valence-electron chi connectivity index (χ0n) is 15.8. The number of hydrogen-bond donors (Lipinski definition) is 3. The summed E-state index contributed by atoms with van der Waals surface area (Å²) in [5.41, 5.74) is 18.7. The lowest BCUT2D eigenvalue weighted by Gasteiger charge is -2.20. The first-order valence-corrected chi connectivity index (χ1v) is 9.40. The largest absolute Gasteiger partial charge is 0.372 e. The molecule has 0 bridgehead atoms. The Bertz CT molecular complexity index is 546. The molecule has 1 rings (SSSR count). The molecule has 0 spiro atoms. The maximum atomic E-state index is 10.8. The van der Waals surface area contributed by atoms with Crippen molar-refractivity contribution in [1.29, 1.82) is 0 Å². The van der Waals surface area contributed by atoms with Crippen LogP contribution in [0, 0.1) is 0 Å². The molecule has 146 valence electrons. The van der Waals surface area contributed by atoms with Gasteiger partial charge < -0.3 is 21.9 Å². The molecule has 0 saturated carbocycles. The van der Waals surface area contributed by atoms with Crippen LogP contribution >= 0.6 is 0 Å². The number of ether oxygens (including phenoxy) is 1. The van der Waals surface area contributed by atoms with Crippen molar-refractivity contribution in [3.05, 3.63) is 35.4 Å². The van der Waals surface area contributed by atoms with Crippen LogP contribution in [0.1, 0.15) is 63.0 Å². The Balaban J connectivity index is 2.23. The van der Waals surface area contributed by atoms with Crippen LogP contribution in [0.25, 0.3) is 0 Å². The summed E-state index contributed by atoms with van der Waals surface area (Å²) in [6.07, 6.45) is 6.36. The van der Waals surface area contributed by atoms with Gasteiger partial charge in [-0.15, -0.1) is 0 Å². The Morgan fingerprint density at radius 3 is 2.12 bits per heavy atom. The Hall–Kier alpha value is -1.92. The fraction of sp³-hybridized carbons (Fsp3) is 0.600. The molecule has 26 heavy (non-hydrogen) atoms. The molecular weight excluding hydrogens is 330 g/mol. The molecule has 0 unspecified atom stereocenters. The van der Waals surface area contributed by atoms with Gasteiger partial charge in [0.05, 0.1) is 12.7 Å². The van der Waals surface area contributed by atoms with Crippen LogP contribution in [0.5, 0.6) is 0 Å². The highest BCUT2D eigenvalue weighted by Crippen LogP contribution is 2.13. The van der Waals surface area contributed by atoms with E-state index in [0.29, 0.717) is 19.4 Å². The Morgan fingerprint density at radius 1 is 0.923 bits per heavy atom. The second-order valence-corrected chi connectivity index (χ2v) is 6.88. The number of hydrogen-bond acceptors (Lipinski definition) is 4. The van der Waals surface area contributed by atoms with E-state index >= 15 is 0 Å². The third kappa shape index (κ3) is 10.2. The van der Waals surface area contributed by atoms with E-state index < -0.39 is 0 Å². The van der Waals surface area contributed by atoms with Gasteiger partial charge in [0.15, 0.2) is 0 Å². The molecule has 0 fully saturated rings. The molecule has 0 aliphatic carbocycles. The van der Waals surface area contributed by atoms with Crippen LogP contribution in [0.4, 0.5) is 0 Å². The second-order valence-electron chi connectivity index (χ2n) is 6.88. The van der Waals surface area contributed by atoms with E-state index in [1.165, 1.54) is 5.56 Å². The maximum Gasteiger partial charge on any atom is 0.217 e. The van der Waals surface area contributed by atoms with Crippen LogP contribution in [-0.4, -0.2) is 24.0 Å². The molecule has 0 heterocycles. The van der Waals surface area contributed by atoms with Crippen molar-refractivity contribution < 1.29 is 14.3 Å². The molecule has 0 radical (unpaired) electrons. The van der Waals surface area contributed by atoms with Crippen molar-refractivity contribution in [1.82, 2.24) is 0 Å². The molecule has 6 N–H and O–H groups in total. The normalized spacial score (nSPS) is 13.3. The first-order valence-electron chi connectivity index (χ1n) is 9.40. The van der Waals surface area contributed by atoms with E-state index in [2.05, 4.69) is 24.3 Å². The van der Waals surface area contributed by atoms with Crippen LogP contribution in [0.3, 0.4) is 0 Å². The van der Waals surface area contributed by atoms with Gasteiger partial charge in [0.1, 0.15) is 0 Å². The lowest BCUT2D eigenvalue weighted by atomic mass is 10.0. The number of benzene rings is 1. The van der Waals surface area contributed by atoms with E-state index in [1.54, 1.807) is 0 Å². The minimum atomic E-state index is -0.337. The van der Waals surface area contributed by atoms with Crippen molar-refractivity contribution in [2.24, 2.45) is 17.2 Å². The molecule has 6 nitrogen and oxygen atoms in total. The van der Waals surface area contributed by atoms with Crippen molar-refractivity contribution in [2.75, 3.05) is 0 Å². The first kappa shape index (κ1) is 22.1. The minimum Gasteiger partial charge on any atom is -0.372 e. The number of rotatable bonds is 14. The molecule has 0 saturated heterocycles. The zero-order valence-corrected chi connectivity index (χ0v) is 15.8. The maximum absolute atomic E-state index is 10.8. The predicted molar refractivity (Wildman–Crippen MR) is 103 cm³/mol. The summed E-state index contributed by atoms with van der Waals surface area (Å²) in [7, 11) is 0. The van der Waals surface area contributed by atoms with E-state index in [-0.39, 0.29) is 30.4 Å². The molecule has 0 aromatic heterocycles. The fourth-order valence-electron chi connectivity index (χ4n) is 2.68. The summed E-state index contributed by atoms with van der Waals surface area (Å²) >= 11 is 0. The SMILES string of the molecule is C[C@@H](OCc1ccc(CCCCCCC(N)=O)cc1)[C@@H](N)CCC(N)=O. The quantitative estimate of drug-likeness (QED) is 0.438. The topological polar surface area (TPSA) is 121 Å². The second kappa shape index (κ2) is 12.4. The smallest absolute Gasteiger partial charge is 0.217 e. The number of nitrogens with two attached hydrogens (primary N) is 3. The zero-order chi connectivity index (χ0) is 19.4. The van der Waals surface area contributed by atoms with Gasteiger partial charge in [-0.25, -0.2) is 0 Å². The molecule has 2 atom stereocenters. The van der Waals surface area contributed by atoms with Gasteiger partial charge in [0, 0.05) is 18.9 Å². The van der Waals surface area contributed by atoms with Crippen molar-refractivity contribution in [3.8, 4) is 0 Å². The standard InChI is InChI=1S/C20H33N3O3/c1-15(18(21)12-13-20(23)25)26-14-17-10-8-16(9-11-17)6-4-2-3-5-7-19(22)24/h8-11,15,18H,2-7,12-14,21H2,1H3,(H2,22,24)(H2,23,25)/t15-,18+/m1/s1. The summed E-state index contributed by atoms with van der Waals surface area (Å²) in [6, 6.07) is 8.20. The highest BCUT2D eigenvalue weighted by atomic mass is 16.5. The average Bonchev–Trinajstić information content (AvgIpc) is 2.61. The Morgan fingerprint density at radius 2 is 1.50 bits per heavy atom. The van der Waals surface area contributed by atoms with E-state index in [0.717, 1.165) is 37.7 Å². The van der Waals surface area contributed by atoms with Gasteiger partial charge in [0.2, 0.25) is 11.8 Å². The number of aryl methyl sites for hydroxylation is 1. The van der Waals surface area contributed by atoms with Gasteiger partial charge in [-0.1, -0.05) is 37.1 Å². The van der Waals surface area contributed by atoms with E-state index in [4.69, 9.17) is 21.9 Å². The average molecular weight is 364 g/mol. The minimum absolute atomic E-state index is 0.130. The van der Waals surface area contributed by atoms with Crippen LogP contribution in [-0.2, 0) is 27.4 Å². The summed E-state index contributed by atoms with van der Waals surface area (Å²) < 4.78 is 5.79. The van der Waals surface area contributed by atoms with Crippen molar-refractivity contribution in [3.63, 3.8) is 0 Å². The van der Waals surface area contributed by atoms with Crippen molar-refractivity contribution in [2.45, 2.75) is 77.0 Å². The van der Waals surface area contributed by atoms with Gasteiger partial charge in [-0.2, -0.15) is 0 Å². The van der Waals surface area contributed by atoms with E-state index in [1.807, 2.05) is 6.92 Å². The van der Waals surface area contributed by atoms with Crippen LogP contribution < -0.4 is 17.2 Å². The highest BCUT2D eigenvalue weighted by Gasteiger charge is 2.14. The van der Waals surface area contributed by atoms with Crippen LogP contribution in [0.15, 0.2) is 24.3 Å². The molecule has 2 amide bonds. The number of unbranched alkanes of at least 4 members (excludes halogenated alkanes) is 3. The number of primary amides is 2. The lowest BCUT2D eigenvalue weighted by molar-refractivity contribution is -0.119. The van der Waals surface area contributed by atoms with Crippen molar-refractivity contribution >= 4 is 11.8 Å². The predicted octanol–water partition coefficient (Wildman–Crippen LogP) is 2.16. The molecule has 1 aromatic rings. The third-order valence-electron chi connectivity index (χ3n) is 4.50. The lowest BCUT2D eigenvalue weighted by Crippen LogP contribution is -2.35. The third-order valence-corrected chi connectivity index (χ3v) is 4.50. The fourth-order valence-corrected chi connectivity index (χ4v) is 2.68. The Labute approximate surface area is 156 Å². The summed E-state index contributed by atoms with van der Waals surface area (Å²) in [4.78, 5) is 21.5. The summed E-state index contributed by atoms with van der Waals surface area (Å²) in [5.74, 6) is -0.554. The van der Waals surface area contributed by atoms with Gasteiger partial charge in [0.25, 0.3) is 0 Å². The monoisotopic (exact) mass is 363 g/mol. The van der Waals surface area contributed by atoms with Gasteiger partial charge in [-0.3, -0.25) is 9.59 Å². The molecule has 0 aliphatic rings. The van der Waals surface area contributed by atoms with Crippen LogP contribution in [0.2, 0.25) is 0 Å². The first-order chi connectivity index (χ1) is 12.4. The molecular formula is C20H33N3O3. The number of carbonyl (C=O) groups excluding carboxylic acids is 2. The molecule has 1 aromatic carbocycles.